The molecule has 4 nitrogen and oxygen atoms in total. The summed E-state index contributed by atoms with van der Waals surface area (Å²) in [6, 6.07) is 10.2. The van der Waals surface area contributed by atoms with Crippen molar-refractivity contribution in [2.45, 2.75) is 39.3 Å². The second-order valence-corrected chi connectivity index (χ2v) is 5.50. The molecule has 1 atom stereocenters. The lowest BCUT2D eigenvalue weighted by molar-refractivity contribution is 0.147. The Labute approximate surface area is 126 Å². The van der Waals surface area contributed by atoms with E-state index in [-0.39, 0.29) is 6.61 Å². The number of nitrogens with zero attached hydrogens (tertiary/aromatic N) is 2. The van der Waals surface area contributed by atoms with Crippen LogP contribution < -0.4 is 5.32 Å². The molecule has 0 fully saturated rings. The normalized spacial score (nSPS) is 14.1. The molecular formula is C17H25N3O. The molecule has 21 heavy (non-hydrogen) atoms. The van der Waals surface area contributed by atoms with Gasteiger partial charge in [0.05, 0.1) is 24.2 Å². The summed E-state index contributed by atoms with van der Waals surface area (Å²) >= 11 is 0. The number of hydrogen-bond donors (Lipinski definition) is 2. The van der Waals surface area contributed by atoms with Gasteiger partial charge in [-0.05, 0) is 32.4 Å². The topological polar surface area (TPSA) is 50.1 Å². The third-order valence-electron chi connectivity index (χ3n) is 4.24. The van der Waals surface area contributed by atoms with E-state index < -0.39 is 5.54 Å². The highest BCUT2D eigenvalue weighted by molar-refractivity contribution is 5.25. The van der Waals surface area contributed by atoms with E-state index in [1.165, 1.54) is 5.69 Å². The standard InChI is InChI=1S/C17H25N3O/c1-4-19-17(12-21,16-8-6-5-7-9-16)10-11-20-13-18-14(2)15(20)3/h5-9,13,19,21H,4,10-12H2,1-3H3. The molecule has 0 bridgehead atoms. The molecule has 0 spiro atoms. The van der Waals surface area contributed by atoms with E-state index in [4.69, 9.17) is 0 Å². The number of benzene rings is 1. The Morgan fingerprint density at radius 1 is 1.24 bits per heavy atom. The maximum atomic E-state index is 10.0. The maximum Gasteiger partial charge on any atom is 0.0951 e. The third kappa shape index (κ3) is 3.34. The van der Waals surface area contributed by atoms with Crippen LogP contribution in [0.4, 0.5) is 0 Å². The van der Waals surface area contributed by atoms with Crippen LogP contribution in [0, 0.1) is 13.8 Å². The Hall–Kier alpha value is -1.65. The first-order chi connectivity index (χ1) is 10.1. The van der Waals surface area contributed by atoms with Gasteiger partial charge in [-0.25, -0.2) is 4.98 Å². The fourth-order valence-electron chi connectivity index (χ4n) is 2.74. The minimum Gasteiger partial charge on any atom is -0.394 e. The molecule has 2 rings (SSSR count). The first-order valence-corrected chi connectivity index (χ1v) is 7.52. The largest absolute Gasteiger partial charge is 0.394 e. The summed E-state index contributed by atoms with van der Waals surface area (Å²) in [6.07, 6.45) is 2.70. The van der Waals surface area contributed by atoms with Crippen molar-refractivity contribution in [1.29, 1.82) is 0 Å². The van der Waals surface area contributed by atoms with Gasteiger partial charge in [0, 0.05) is 12.2 Å². The number of imidazole rings is 1. The van der Waals surface area contributed by atoms with E-state index in [9.17, 15) is 5.11 Å². The molecule has 0 saturated heterocycles. The van der Waals surface area contributed by atoms with Gasteiger partial charge in [0.25, 0.3) is 0 Å². The number of aliphatic hydroxyl groups excluding tert-OH is 1. The predicted molar refractivity (Wildman–Crippen MR) is 85.2 cm³/mol. The van der Waals surface area contributed by atoms with Crippen LogP contribution in [0.5, 0.6) is 0 Å². The Kier molecular flexibility index (Phi) is 5.15. The van der Waals surface area contributed by atoms with Crippen LogP contribution in [-0.4, -0.2) is 27.8 Å². The highest BCUT2D eigenvalue weighted by Gasteiger charge is 2.30. The first-order valence-electron chi connectivity index (χ1n) is 7.52. The Bertz CT molecular complexity index is 565. The van der Waals surface area contributed by atoms with Crippen LogP contribution >= 0.6 is 0 Å². The van der Waals surface area contributed by atoms with E-state index in [0.29, 0.717) is 0 Å². The van der Waals surface area contributed by atoms with E-state index in [0.717, 1.165) is 30.8 Å². The van der Waals surface area contributed by atoms with Gasteiger partial charge in [-0.15, -0.1) is 0 Å². The molecular weight excluding hydrogens is 262 g/mol. The quantitative estimate of drug-likeness (QED) is 0.822. The van der Waals surface area contributed by atoms with Gasteiger partial charge in [0.1, 0.15) is 0 Å². The molecule has 114 valence electrons. The van der Waals surface area contributed by atoms with Crippen LogP contribution in [0.3, 0.4) is 0 Å². The second-order valence-electron chi connectivity index (χ2n) is 5.50. The summed E-state index contributed by atoms with van der Waals surface area (Å²) in [5, 5.41) is 13.5. The highest BCUT2D eigenvalue weighted by atomic mass is 16.3. The van der Waals surface area contributed by atoms with Crippen molar-refractivity contribution < 1.29 is 5.11 Å². The SMILES string of the molecule is CCNC(CO)(CCn1cnc(C)c1C)c1ccccc1. The molecule has 0 aliphatic heterocycles. The molecule has 1 aromatic heterocycles. The van der Waals surface area contributed by atoms with Crippen molar-refractivity contribution in [1.82, 2.24) is 14.9 Å². The summed E-state index contributed by atoms with van der Waals surface area (Å²) < 4.78 is 2.15. The van der Waals surface area contributed by atoms with E-state index in [1.807, 2.05) is 31.5 Å². The van der Waals surface area contributed by atoms with Crippen LogP contribution in [0.15, 0.2) is 36.7 Å². The Balaban J connectivity index is 2.22. The van der Waals surface area contributed by atoms with Gasteiger partial charge in [-0.3, -0.25) is 0 Å². The zero-order chi connectivity index (χ0) is 15.3. The zero-order valence-corrected chi connectivity index (χ0v) is 13.1. The van der Waals surface area contributed by atoms with Gasteiger partial charge >= 0.3 is 0 Å². The molecule has 0 aliphatic carbocycles. The molecule has 2 aromatic rings. The lowest BCUT2D eigenvalue weighted by Crippen LogP contribution is -2.46. The maximum absolute atomic E-state index is 10.0. The number of nitrogens with one attached hydrogen (secondary N) is 1. The number of rotatable bonds is 7. The number of aliphatic hydroxyl groups is 1. The lowest BCUT2D eigenvalue weighted by atomic mass is 9.87. The number of aromatic nitrogens is 2. The fraction of sp³-hybridized carbons (Fsp3) is 0.471. The molecule has 2 N–H and O–H groups in total. The predicted octanol–water partition coefficient (Wildman–Crippen LogP) is 2.39. The molecule has 4 heteroatoms. The number of likely N-dealkylation sites (N-methyl/N-ethyl adjacent to an activating group) is 1. The van der Waals surface area contributed by atoms with E-state index >= 15 is 0 Å². The first kappa shape index (κ1) is 15.7. The molecule has 0 amide bonds. The lowest BCUT2D eigenvalue weighted by Gasteiger charge is -2.34. The van der Waals surface area contributed by atoms with Gasteiger partial charge in [-0.2, -0.15) is 0 Å². The highest BCUT2D eigenvalue weighted by Crippen LogP contribution is 2.26. The van der Waals surface area contributed by atoms with Crippen LogP contribution in [0.25, 0.3) is 0 Å². The average molecular weight is 287 g/mol. The summed E-state index contributed by atoms with van der Waals surface area (Å²) in [7, 11) is 0. The molecule has 0 aliphatic rings. The smallest absolute Gasteiger partial charge is 0.0951 e. The Morgan fingerprint density at radius 2 is 1.95 bits per heavy atom. The van der Waals surface area contributed by atoms with E-state index in [1.54, 1.807) is 0 Å². The third-order valence-corrected chi connectivity index (χ3v) is 4.24. The minimum absolute atomic E-state index is 0.0809. The Morgan fingerprint density at radius 3 is 2.48 bits per heavy atom. The van der Waals surface area contributed by atoms with Crippen molar-refractivity contribution in [3.8, 4) is 0 Å². The van der Waals surface area contributed by atoms with Crippen molar-refractivity contribution >= 4 is 0 Å². The van der Waals surface area contributed by atoms with Crippen molar-refractivity contribution in [2.75, 3.05) is 13.2 Å². The average Bonchev–Trinajstić information content (AvgIpc) is 2.84. The number of aryl methyl sites for hydroxylation is 2. The molecule has 1 heterocycles. The minimum atomic E-state index is -0.402. The summed E-state index contributed by atoms with van der Waals surface area (Å²) in [5.74, 6) is 0. The second kappa shape index (κ2) is 6.87. The van der Waals surface area contributed by atoms with Crippen LogP contribution in [0.1, 0.15) is 30.3 Å². The summed E-state index contributed by atoms with van der Waals surface area (Å²) in [4.78, 5) is 4.34. The molecule has 0 radical (unpaired) electrons. The monoisotopic (exact) mass is 287 g/mol. The van der Waals surface area contributed by atoms with Crippen LogP contribution in [0.2, 0.25) is 0 Å². The van der Waals surface area contributed by atoms with Crippen molar-refractivity contribution in [3.05, 3.63) is 53.6 Å². The van der Waals surface area contributed by atoms with Gasteiger partial charge in [0.15, 0.2) is 0 Å². The van der Waals surface area contributed by atoms with Gasteiger partial charge in [0.2, 0.25) is 0 Å². The number of hydrogen-bond acceptors (Lipinski definition) is 3. The van der Waals surface area contributed by atoms with Gasteiger partial charge < -0.3 is 15.0 Å². The zero-order valence-electron chi connectivity index (χ0n) is 13.1. The fourth-order valence-corrected chi connectivity index (χ4v) is 2.74. The van der Waals surface area contributed by atoms with E-state index in [2.05, 4.69) is 40.8 Å². The van der Waals surface area contributed by atoms with Crippen molar-refractivity contribution in [2.24, 2.45) is 0 Å². The molecule has 1 aromatic carbocycles. The molecule has 0 saturated carbocycles. The summed E-state index contributed by atoms with van der Waals surface area (Å²) in [6.45, 7) is 7.90. The van der Waals surface area contributed by atoms with Gasteiger partial charge in [-0.1, -0.05) is 37.3 Å². The van der Waals surface area contributed by atoms with Crippen LogP contribution in [-0.2, 0) is 12.1 Å². The summed E-state index contributed by atoms with van der Waals surface area (Å²) in [5.41, 5.74) is 2.98. The van der Waals surface area contributed by atoms with Crippen molar-refractivity contribution in [3.63, 3.8) is 0 Å². The molecule has 1 unspecified atom stereocenters.